The Kier molecular flexibility index (Phi) is 3.78. The largest absolute Gasteiger partial charge is 0.289 e. The summed E-state index contributed by atoms with van der Waals surface area (Å²) in [5.74, 6) is -0.0466. The van der Waals surface area contributed by atoms with E-state index in [0.717, 1.165) is 24.1 Å². The summed E-state index contributed by atoms with van der Waals surface area (Å²) in [5, 5.41) is 0. The summed E-state index contributed by atoms with van der Waals surface area (Å²) in [6, 6.07) is 17.4. The Labute approximate surface area is 137 Å². The zero-order chi connectivity index (χ0) is 15.8. The molecular weight excluding hydrogens is 285 g/mol. The van der Waals surface area contributed by atoms with Crippen molar-refractivity contribution in [1.82, 2.24) is 4.90 Å². The highest BCUT2D eigenvalue weighted by Gasteiger charge is 2.36. The molecule has 2 bridgehead atoms. The van der Waals surface area contributed by atoms with E-state index in [1.165, 1.54) is 24.0 Å². The van der Waals surface area contributed by atoms with Gasteiger partial charge in [0.15, 0.2) is 0 Å². The molecule has 2 aliphatic heterocycles. The Morgan fingerprint density at radius 1 is 1.04 bits per heavy atom. The summed E-state index contributed by atoms with van der Waals surface area (Å²) in [6.07, 6.45) is 5.67. The van der Waals surface area contributed by atoms with Gasteiger partial charge in [0.2, 0.25) is 0 Å². The molecule has 0 saturated carbocycles. The average Bonchev–Trinajstić information content (AvgIpc) is 2.80. The second-order valence-electron chi connectivity index (χ2n) is 6.79. The average molecular weight is 307 g/mol. The lowest BCUT2D eigenvalue weighted by Gasteiger charge is -2.34. The predicted molar refractivity (Wildman–Crippen MR) is 92.5 cm³/mol. The van der Waals surface area contributed by atoms with Gasteiger partial charge in [-0.15, -0.1) is 0 Å². The van der Waals surface area contributed by atoms with Crippen molar-refractivity contribution in [3.05, 3.63) is 77.1 Å². The summed E-state index contributed by atoms with van der Waals surface area (Å²) in [5.41, 5.74) is 4.11. The minimum absolute atomic E-state index is 0.0466. The van der Waals surface area contributed by atoms with Crippen LogP contribution in [0.4, 0.5) is 4.39 Å². The SMILES string of the molecule is Cc1cccc(C2=CC3CCC(C2)N3Cc2ccccc2)c1F. The molecule has 0 N–H and O–H groups in total. The fourth-order valence-corrected chi connectivity index (χ4v) is 4.05. The van der Waals surface area contributed by atoms with E-state index in [2.05, 4.69) is 41.3 Å². The molecule has 2 aromatic carbocycles. The van der Waals surface area contributed by atoms with Crippen molar-refractivity contribution in [3.63, 3.8) is 0 Å². The first kappa shape index (κ1) is 14.6. The second kappa shape index (κ2) is 5.93. The maximum atomic E-state index is 14.5. The van der Waals surface area contributed by atoms with Crippen LogP contribution in [-0.4, -0.2) is 17.0 Å². The third-order valence-electron chi connectivity index (χ3n) is 5.29. The first-order valence-electron chi connectivity index (χ1n) is 8.48. The first-order chi connectivity index (χ1) is 11.2. The fourth-order valence-electron chi connectivity index (χ4n) is 4.05. The first-order valence-corrected chi connectivity index (χ1v) is 8.48. The minimum atomic E-state index is -0.0466. The van der Waals surface area contributed by atoms with E-state index >= 15 is 0 Å². The maximum Gasteiger partial charge on any atom is 0.133 e. The lowest BCUT2D eigenvalue weighted by Crippen LogP contribution is -2.37. The van der Waals surface area contributed by atoms with Gasteiger partial charge in [-0.05, 0) is 42.9 Å². The molecule has 1 saturated heterocycles. The van der Waals surface area contributed by atoms with Crippen molar-refractivity contribution in [3.8, 4) is 0 Å². The minimum Gasteiger partial charge on any atom is -0.289 e. The van der Waals surface area contributed by atoms with Crippen LogP contribution >= 0.6 is 0 Å². The van der Waals surface area contributed by atoms with Crippen LogP contribution in [0.25, 0.3) is 5.57 Å². The number of halogens is 1. The van der Waals surface area contributed by atoms with Gasteiger partial charge in [-0.25, -0.2) is 4.39 Å². The van der Waals surface area contributed by atoms with Gasteiger partial charge in [0.25, 0.3) is 0 Å². The molecule has 0 amide bonds. The van der Waals surface area contributed by atoms with Gasteiger partial charge in [-0.1, -0.05) is 54.6 Å². The van der Waals surface area contributed by atoms with Gasteiger partial charge in [-0.2, -0.15) is 0 Å². The number of nitrogens with zero attached hydrogens (tertiary/aromatic N) is 1. The molecule has 118 valence electrons. The van der Waals surface area contributed by atoms with Crippen LogP contribution in [0.1, 0.15) is 36.0 Å². The molecule has 0 radical (unpaired) electrons. The Morgan fingerprint density at radius 3 is 2.65 bits per heavy atom. The Morgan fingerprint density at radius 2 is 1.87 bits per heavy atom. The van der Waals surface area contributed by atoms with E-state index in [4.69, 9.17) is 0 Å². The zero-order valence-electron chi connectivity index (χ0n) is 13.5. The van der Waals surface area contributed by atoms with Crippen LogP contribution in [0, 0.1) is 12.7 Å². The molecular formula is C21H22FN. The molecule has 4 rings (SSSR count). The summed E-state index contributed by atoms with van der Waals surface area (Å²) in [4.78, 5) is 2.59. The van der Waals surface area contributed by atoms with Crippen molar-refractivity contribution in [2.75, 3.05) is 0 Å². The number of fused-ring (bicyclic) bond motifs is 2. The normalized spacial score (nSPS) is 23.8. The Bertz CT molecular complexity index is 735. The molecule has 2 heterocycles. The lowest BCUT2D eigenvalue weighted by molar-refractivity contribution is 0.203. The van der Waals surface area contributed by atoms with Gasteiger partial charge in [0.05, 0.1) is 0 Å². The summed E-state index contributed by atoms with van der Waals surface area (Å²) >= 11 is 0. The van der Waals surface area contributed by atoms with Gasteiger partial charge in [0.1, 0.15) is 5.82 Å². The van der Waals surface area contributed by atoms with E-state index in [1.54, 1.807) is 0 Å². The molecule has 2 atom stereocenters. The molecule has 23 heavy (non-hydrogen) atoms. The van der Waals surface area contributed by atoms with E-state index in [-0.39, 0.29) is 5.82 Å². The van der Waals surface area contributed by atoms with E-state index < -0.39 is 0 Å². The third kappa shape index (κ3) is 2.72. The van der Waals surface area contributed by atoms with Gasteiger partial charge in [0, 0.05) is 24.2 Å². The number of benzene rings is 2. The number of hydrogen-bond acceptors (Lipinski definition) is 1. The van der Waals surface area contributed by atoms with Crippen molar-refractivity contribution < 1.29 is 4.39 Å². The third-order valence-corrected chi connectivity index (χ3v) is 5.29. The number of aryl methyl sites for hydroxylation is 1. The van der Waals surface area contributed by atoms with Crippen molar-refractivity contribution in [1.29, 1.82) is 0 Å². The molecule has 1 fully saturated rings. The monoisotopic (exact) mass is 307 g/mol. The molecule has 0 aromatic heterocycles. The highest BCUT2D eigenvalue weighted by atomic mass is 19.1. The van der Waals surface area contributed by atoms with E-state index in [9.17, 15) is 4.39 Å². The van der Waals surface area contributed by atoms with E-state index in [1.807, 2.05) is 25.1 Å². The van der Waals surface area contributed by atoms with Crippen LogP contribution in [0.2, 0.25) is 0 Å². The highest BCUT2D eigenvalue weighted by molar-refractivity contribution is 5.69. The Hall–Kier alpha value is -1.93. The van der Waals surface area contributed by atoms with Gasteiger partial charge in [-0.3, -0.25) is 4.90 Å². The summed E-state index contributed by atoms with van der Waals surface area (Å²) in [7, 11) is 0. The number of rotatable bonds is 3. The smallest absolute Gasteiger partial charge is 0.133 e. The second-order valence-corrected chi connectivity index (χ2v) is 6.79. The lowest BCUT2D eigenvalue weighted by atomic mass is 9.93. The molecule has 1 nitrogen and oxygen atoms in total. The van der Waals surface area contributed by atoms with Crippen LogP contribution in [0.3, 0.4) is 0 Å². The van der Waals surface area contributed by atoms with Gasteiger partial charge < -0.3 is 0 Å². The molecule has 2 unspecified atom stereocenters. The molecule has 0 spiro atoms. The van der Waals surface area contributed by atoms with Crippen LogP contribution in [0.5, 0.6) is 0 Å². The van der Waals surface area contributed by atoms with Crippen molar-refractivity contribution >= 4 is 5.57 Å². The van der Waals surface area contributed by atoms with Crippen molar-refractivity contribution in [2.24, 2.45) is 0 Å². The quantitative estimate of drug-likeness (QED) is 0.775. The maximum absolute atomic E-state index is 14.5. The molecule has 2 aliphatic rings. The summed E-state index contributed by atoms with van der Waals surface area (Å²) < 4.78 is 14.5. The molecule has 0 aliphatic carbocycles. The predicted octanol–water partition coefficient (Wildman–Crippen LogP) is 4.95. The molecule has 2 heteroatoms. The fraction of sp³-hybridized carbons (Fsp3) is 0.333. The van der Waals surface area contributed by atoms with Crippen LogP contribution < -0.4 is 0 Å². The highest BCUT2D eigenvalue weighted by Crippen LogP contribution is 2.40. The number of hydrogen-bond donors (Lipinski definition) is 0. The van der Waals surface area contributed by atoms with Crippen LogP contribution in [-0.2, 0) is 6.54 Å². The standard InChI is InChI=1S/C21H22FN/c1-15-6-5-9-20(21(15)22)17-12-18-10-11-19(13-17)23(18)14-16-7-3-2-4-8-16/h2-9,12,18-19H,10-11,13-14H2,1H3. The Balaban J connectivity index is 1.61. The zero-order valence-corrected chi connectivity index (χ0v) is 13.5. The van der Waals surface area contributed by atoms with E-state index in [0.29, 0.717) is 12.1 Å². The van der Waals surface area contributed by atoms with Gasteiger partial charge >= 0.3 is 0 Å². The van der Waals surface area contributed by atoms with Crippen LogP contribution in [0.15, 0.2) is 54.6 Å². The van der Waals surface area contributed by atoms with Crippen molar-refractivity contribution in [2.45, 2.75) is 44.8 Å². The molecule has 2 aromatic rings. The topological polar surface area (TPSA) is 3.24 Å². The summed E-state index contributed by atoms with van der Waals surface area (Å²) in [6.45, 7) is 2.84.